The highest BCUT2D eigenvalue weighted by Gasteiger charge is 2.21. The second kappa shape index (κ2) is 7.03. The van der Waals surface area contributed by atoms with Gasteiger partial charge in [0.05, 0.1) is 19.3 Å². The number of hydrogen-bond acceptors (Lipinski definition) is 1. The van der Waals surface area contributed by atoms with Gasteiger partial charge < -0.3 is 0 Å². The number of nitrogens with zero attached hydrogens (tertiary/aromatic N) is 1. The molecule has 3 aromatic carbocycles. The van der Waals surface area contributed by atoms with Crippen LogP contribution in [-0.4, -0.2) is 13.1 Å². The van der Waals surface area contributed by atoms with Crippen LogP contribution in [0.5, 0.6) is 0 Å². The zero-order valence-corrected chi connectivity index (χ0v) is 18.4. The molecule has 0 atom stereocenters. The van der Waals surface area contributed by atoms with Crippen LogP contribution in [0.3, 0.4) is 0 Å². The topological polar surface area (TPSA) is 12.9 Å². The Kier molecular flexibility index (Phi) is 4.68. The smallest absolute Gasteiger partial charge is 0.0785 e. The lowest BCUT2D eigenvalue weighted by atomic mass is 10.0. The maximum absolute atomic E-state index is 5.06. The summed E-state index contributed by atoms with van der Waals surface area (Å²) in [5.41, 5.74) is 8.47. The van der Waals surface area contributed by atoms with Gasteiger partial charge in [-0.3, -0.25) is 0 Å². The molecule has 0 unspecified atom stereocenters. The van der Waals surface area contributed by atoms with Crippen LogP contribution in [0.15, 0.2) is 72.8 Å². The van der Waals surface area contributed by atoms with E-state index < -0.39 is 8.07 Å². The van der Waals surface area contributed by atoms with Gasteiger partial charge in [0.15, 0.2) is 0 Å². The largest absolute Gasteiger partial charge is 0.248 e. The van der Waals surface area contributed by atoms with Crippen molar-refractivity contribution < 1.29 is 0 Å². The predicted octanol–water partition coefficient (Wildman–Crippen LogP) is 6.73. The minimum atomic E-state index is -1.55. The van der Waals surface area contributed by atoms with Gasteiger partial charge in [0.25, 0.3) is 0 Å². The molecule has 28 heavy (non-hydrogen) atoms. The van der Waals surface area contributed by atoms with Crippen molar-refractivity contribution in [3.05, 3.63) is 83.9 Å². The van der Waals surface area contributed by atoms with E-state index in [1.807, 2.05) is 0 Å². The zero-order chi connectivity index (χ0) is 19.9. The van der Waals surface area contributed by atoms with Crippen molar-refractivity contribution in [2.45, 2.75) is 33.5 Å². The van der Waals surface area contributed by atoms with Gasteiger partial charge in [-0.15, -0.1) is 0 Å². The van der Waals surface area contributed by atoms with Crippen LogP contribution in [0, 0.1) is 13.8 Å². The average molecular weight is 382 g/mol. The molecule has 1 heterocycles. The van der Waals surface area contributed by atoms with Gasteiger partial charge in [-0.2, -0.15) is 0 Å². The first-order valence-corrected chi connectivity index (χ1v) is 13.4. The summed E-state index contributed by atoms with van der Waals surface area (Å²) in [5, 5.41) is 2.78. The van der Waals surface area contributed by atoms with Crippen LogP contribution in [0.1, 0.15) is 11.1 Å². The Balaban J connectivity index is 1.96. The second-order valence-corrected chi connectivity index (χ2v) is 13.8. The van der Waals surface area contributed by atoms with E-state index in [2.05, 4.69) is 106 Å². The lowest BCUT2D eigenvalue weighted by Crippen LogP contribution is -2.38. The van der Waals surface area contributed by atoms with Crippen LogP contribution in [0.25, 0.3) is 33.3 Å². The molecule has 0 aliphatic carbocycles. The summed E-state index contributed by atoms with van der Waals surface area (Å²) in [6.45, 7) is 11.6. The number of fused-ring (bicyclic) bond motifs is 1. The molecular formula is C26H27NSi. The lowest BCUT2D eigenvalue weighted by Gasteiger charge is -2.21. The Morgan fingerprint density at radius 1 is 0.643 bits per heavy atom. The van der Waals surface area contributed by atoms with E-state index in [-0.39, 0.29) is 0 Å². The maximum atomic E-state index is 5.06. The third-order valence-corrected chi connectivity index (χ3v) is 7.27. The second-order valence-electron chi connectivity index (χ2n) is 8.78. The van der Waals surface area contributed by atoms with Crippen LogP contribution in [0.2, 0.25) is 19.6 Å². The molecule has 1 nitrogen and oxygen atoms in total. The van der Waals surface area contributed by atoms with E-state index in [4.69, 9.17) is 4.98 Å². The fraction of sp³-hybridized carbons (Fsp3) is 0.192. The normalized spacial score (nSPS) is 11.8. The van der Waals surface area contributed by atoms with E-state index in [0.717, 1.165) is 11.2 Å². The first-order valence-electron chi connectivity index (χ1n) is 9.91. The standard InChI is InChI=1S/C26H27NSi/c1-18-13-19(2)15-22(14-18)25-17-26(28(3,4)5)23-16-21(11-12-24(23)27-25)20-9-7-6-8-10-20/h6-17H,1-5H3. The fourth-order valence-corrected chi connectivity index (χ4v) is 5.50. The molecule has 0 spiro atoms. The number of aryl methyl sites for hydroxylation is 2. The molecule has 0 saturated carbocycles. The van der Waals surface area contributed by atoms with Crippen molar-refractivity contribution in [1.29, 1.82) is 0 Å². The van der Waals surface area contributed by atoms with Gasteiger partial charge in [-0.05, 0) is 60.5 Å². The molecule has 0 fully saturated rings. The minimum Gasteiger partial charge on any atom is -0.248 e. The Labute approximate surface area is 169 Å². The van der Waals surface area contributed by atoms with Crippen molar-refractivity contribution in [2.75, 3.05) is 0 Å². The van der Waals surface area contributed by atoms with Crippen molar-refractivity contribution in [1.82, 2.24) is 4.98 Å². The average Bonchev–Trinajstić information content (AvgIpc) is 2.66. The summed E-state index contributed by atoms with van der Waals surface area (Å²) in [5.74, 6) is 0. The zero-order valence-electron chi connectivity index (χ0n) is 17.4. The SMILES string of the molecule is Cc1cc(C)cc(-c2cc([Si](C)(C)C)c3cc(-c4ccccc4)ccc3n2)c1. The number of rotatable bonds is 3. The molecule has 2 heteroatoms. The summed E-state index contributed by atoms with van der Waals surface area (Å²) in [4.78, 5) is 5.06. The number of benzene rings is 3. The Hall–Kier alpha value is -2.71. The maximum Gasteiger partial charge on any atom is 0.0785 e. The van der Waals surface area contributed by atoms with Crippen LogP contribution < -0.4 is 5.19 Å². The number of pyridine rings is 1. The van der Waals surface area contributed by atoms with E-state index in [1.54, 1.807) is 0 Å². The highest BCUT2D eigenvalue weighted by atomic mass is 28.3. The summed E-state index contributed by atoms with van der Waals surface area (Å²) >= 11 is 0. The van der Waals surface area contributed by atoms with Crippen LogP contribution >= 0.6 is 0 Å². The highest BCUT2D eigenvalue weighted by molar-refractivity contribution is 6.90. The predicted molar refractivity (Wildman–Crippen MR) is 125 cm³/mol. The Morgan fingerprint density at radius 2 is 1.32 bits per heavy atom. The fourth-order valence-electron chi connectivity index (χ4n) is 3.93. The summed E-state index contributed by atoms with van der Waals surface area (Å²) < 4.78 is 0. The minimum absolute atomic E-state index is 1.09. The molecule has 0 aliphatic rings. The first kappa shape index (κ1) is 18.6. The summed E-state index contributed by atoms with van der Waals surface area (Å²) in [7, 11) is -1.55. The van der Waals surface area contributed by atoms with Gasteiger partial charge in [0.1, 0.15) is 0 Å². The molecule has 1 aromatic heterocycles. The van der Waals surface area contributed by atoms with E-state index in [9.17, 15) is 0 Å². The molecule has 0 saturated heterocycles. The Morgan fingerprint density at radius 3 is 1.96 bits per heavy atom. The van der Waals surface area contributed by atoms with Gasteiger partial charge in [-0.25, -0.2) is 4.98 Å². The molecular weight excluding hydrogens is 354 g/mol. The molecule has 0 N–H and O–H groups in total. The van der Waals surface area contributed by atoms with Crippen molar-refractivity contribution in [3.8, 4) is 22.4 Å². The van der Waals surface area contributed by atoms with E-state index in [0.29, 0.717) is 0 Å². The molecule has 0 amide bonds. The van der Waals surface area contributed by atoms with Gasteiger partial charge >= 0.3 is 0 Å². The van der Waals surface area contributed by atoms with Crippen LogP contribution in [0.4, 0.5) is 0 Å². The van der Waals surface area contributed by atoms with Gasteiger partial charge in [0.2, 0.25) is 0 Å². The first-order chi connectivity index (χ1) is 13.3. The lowest BCUT2D eigenvalue weighted by molar-refractivity contribution is 1.35. The third kappa shape index (κ3) is 3.65. The molecule has 4 aromatic rings. The van der Waals surface area contributed by atoms with Crippen molar-refractivity contribution in [3.63, 3.8) is 0 Å². The van der Waals surface area contributed by atoms with Crippen LogP contribution in [-0.2, 0) is 0 Å². The quantitative estimate of drug-likeness (QED) is 0.358. The van der Waals surface area contributed by atoms with E-state index in [1.165, 1.54) is 38.4 Å². The molecule has 0 bridgehead atoms. The van der Waals surface area contributed by atoms with E-state index >= 15 is 0 Å². The number of aromatic nitrogens is 1. The molecule has 4 rings (SSSR count). The molecule has 0 radical (unpaired) electrons. The summed E-state index contributed by atoms with van der Waals surface area (Å²) in [6, 6.07) is 26.4. The third-order valence-electron chi connectivity index (χ3n) is 5.24. The van der Waals surface area contributed by atoms with Gasteiger partial charge in [-0.1, -0.05) is 73.2 Å². The monoisotopic (exact) mass is 381 g/mol. The number of hydrogen-bond donors (Lipinski definition) is 0. The molecule has 0 aliphatic heterocycles. The van der Waals surface area contributed by atoms with Crippen molar-refractivity contribution in [2.24, 2.45) is 0 Å². The highest BCUT2D eigenvalue weighted by Crippen LogP contribution is 2.28. The van der Waals surface area contributed by atoms with Crippen molar-refractivity contribution >= 4 is 24.2 Å². The van der Waals surface area contributed by atoms with Gasteiger partial charge in [0, 0.05) is 10.9 Å². The molecule has 140 valence electrons. The summed E-state index contributed by atoms with van der Waals surface area (Å²) in [6.07, 6.45) is 0. The Bertz CT molecular complexity index is 1130.